The number of nitrogens with one attached hydrogen (secondary N) is 1. The molecule has 0 unspecified atom stereocenters. The lowest BCUT2D eigenvalue weighted by molar-refractivity contribution is -0.117. The second-order valence-corrected chi connectivity index (χ2v) is 7.97. The molecular weight excluding hydrogens is 372 g/mol. The first-order chi connectivity index (χ1) is 13.5. The molecule has 0 bridgehead atoms. The number of carbonyl (C=O) groups excluding carboxylic acids is 2. The summed E-state index contributed by atoms with van der Waals surface area (Å²) < 4.78 is 0. The Morgan fingerprint density at radius 3 is 2.75 bits per heavy atom. The van der Waals surface area contributed by atoms with Crippen molar-refractivity contribution >= 4 is 34.0 Å². The molecule has 1 aliphatic heterocycles. The molecule has 2 aromatic carbocycles. The number of hydrogen-bond donors (Lipinski definition) is 1. The Bertz CT molecular complexity index is 1050. The van der Waals surface area contributed by atoms with Gasteiger partial charge in [-0.1, -0.05) is 47.2 Å². The minimum Gasteiger partial charge on any atom is -0.311 e. The molecule has 1 aliphatic rings. The molecule has 0 radical (unpaired) electrons. The third-order valence-electron chi connectivity index (χ3n) is 4.82. The van der Waals surface area contributed by atoms with E-state index < -0.39 is 0 Å². The average Bonchev–Trinajstić information content (AvgIpc) is 3.29. The molecule has 1 atom stereocenters. The molecule has 3 aromatic rings. The van der Waals surface area contributed by atoms with Crippen LogP contribution in [0.5, 0.6) is 0 Å². The minimum atomic E-state index is -0.213. The Balaban J connectivity index is 1.47. The molecule has 1 saturated heterocycles. The maximum atomic E-state index is 12.5. The first-order valence-corrected chi connectivity index (χ1v) is 9.90. The molecule has 2 amide bonds. The van der Waals surface area contributed by atoms with E-state index in [1.807, 2.05) is 61.2 Å². The van der Waals surface area contributed by atoms with Gasteiger partial charge in [0.25, 0.3) is 5.91 Å². The normalized spacial score (nSPS) is 16.4. The summed E-state index contributed by atoms with van der Waals surface area (Å²) in [7, 11) is 0. The van der Waals surface area contributed by atoms with Gasteiger partial charge in [-0.15, -0.1) is 10.2 Å². The predicted molar refractivity (Wildman–Crippen MR) is 110 cm³/mol. The van der Waals surface area contributed by atoms with Gasteiger partial charge in [0.15, 0.2) is 0 Å². The Morgan fingerprint density at radius 1 is 1.14 bits per heavy atom. The second-order valence-electron chi connectivity index (χ2n) is 6.96. The number of aryl methyl sites for hydroxylation is 2. The molecule has 0 aliphatic carbocycles. The molecule has 1 fully saturated rings. The van der Waals surface area contributed by atoms with Crippen LogP contribution in [0.25, 0.3) is 0 Å². The van der Waals surface area contributed by atoms with Crippen LogP contribution >= 0.6 is 11.3 Å². The Hall–Kier alpha value is -3.06. The molecule has 142 valence electrons. The van der Waals surface area contributed by atoms with Crippen molar-refractivity contribution in [1.82, 2.24) is 10.2 Å². The Kier molecular flexibility index (Phi) is 4.92. The van der Waals surface area contributed by atoms with Crippen molar-refractivity contribution in [3.63, 3.8) is 0 Å². The lowest BCUT2D eigenvalue weighted by Gasteiger charge is -2.18. The number of hydrogen-bond acceptors (Lipinski definition) is 5. The summed E-state index contributed by atoms with van der Waals surface area (Å²) in [6.07, 6.45) is 0.398. The largest absolute Gasteiger partial charge is 0.311 e. The average molecular weight is 392 g/mol. The zero-order chi connectivity index (χ0) is 19.7. The number of carbonyl (C=O) groups is 2. The molecule has 2 heterocycles. The van der Waals surface area contributed by atoms with E-state index in [-0.39, 0.29) is 17.7 Å². The van der Waals surface area contributed by atoms with Crippen LogP contribution < -0.4 is 10.2 Å². The maximum Gasteiger partial charge on any atom is 0.257 e. The van der Waals surface area contributed by atoms with E-state index in [9.17, 15) is 9.59 Å². The summed E-state index contributed by atoms with van der Waals surface area (Å²) in [5.41, 5.74) is 3.61. The molecule has 0 saturated carbocycles. The molecule has 6 nitrogen and oxygen atoms in total. The van der Waals surface area contributed by atoms with E-state index in [4.69, 9.17) is 0 Å². The van der Waals surface area contributed by atoms with Crippen LogP contribution in [0, 0.1) is 13.8 Å². The van der Waals surface area contributed by atoms with Gasteiger partial charge in [0.2, 0.25) is 11.0 Å². The first-order valence-electron chi connectivity index (χ1n) is 9.08. The standard InChI is InChI=1S/C21H20N4O2S/c1-13-6-5-8-15(10-13)19(27)22-21-24-23-20(28-21)16-11-18(26)25(12-16)17-9-4-3-7-14(17)2/h3-10,16H,11-12H2,1-2H3,(H,22,24,27)/t16-/m0/s1. The highest BCUT2D eigenvalue weighted by Gasteiger charge is 2.34. The van der Waals surface area contributed by atoms with E-state index in [0.717, 1.165) is 21.8 Å². The number of para-hydroxylation sites is 1. The van der Waals surface area contributed by atoms with Gasteiger partial charge in [-0.3, -0.25) is 14.9 Å². The highest BCUT2D eigenvalue weighted by Crippen LogP contribution is 2.35. The number of amides is 2. The third-order valence-corrected chi connectivity index (χ3v) is 5.82. The highest BCUT2D eigenvalue weighted by molar-refractivity contribution is 7.15. The first kappa shape index (κ1) is 18.3. The summed E-state index contributed by atoms with van der Waals surface area (Å²) in [6.45, 7) is 4.51. The molecule has 1 N–H and O–H groups in total. The Morgan fingerprint density at radius 2 is 1.96 bits per heavy atom. The van der Waals surface area contributed by atoms with Gasteiger partial charge in [-0.2, -0.15) is 0 Å². The van der Waals surface area contributed by atoms with Gasteiger partial charge < -0.3 is 4.90 Å². The van der Waals surface area contributed by atoms with Crippen LogP contribution in [0.2, 0.25) is 0 Å². The molecule has 0 spiro atoms. The summed E-state index contributed by atoms with van der Waals surface area (Å²) >= 11 is 1.33. The third kappa shape index (κ3) is 3.66. The lowest BCUT2D eigenvalue weighted by Crippen LogP contribution is -2.25. The van der Waals surface area contributed by atoms with Gasteiger partial charge in [-0.25, -0.2) is 0 Å². The smallest absolute Gasteiger partial charge is 0.257 e. The minimum absolute atomic E-state index is 0.0192. The summed E-state index contributed by atoms with van der Waals surface area (Å²) in [5, 5.41) is 12.3. The van der Waals surface area contributed by atoms with Crippen LogP contribution in [0.15, 0.2) is 48.5 Å². The van der Waals surface area contributed by atoms with Crippen molar-refractivity contribution in [1.29, 1.82) is 0 Å². The lowest BCUT2D eigenvalue weighted by atomic mass is 10.1. The summed E-state index contributed by atoms with van der Waals surface area (Å²) in [4.78, 5) is 26.7. The monoisotopic (exact) mass is 392 g/mol. The van der Waals surface area contributed by atoms with Crippen molar-refractivity contribution in [3.8, 4) is 0 Å². The zero-order valence-corrected chi connectivity index (χ0v) is 16.5. The number of aromatic nitrogens is 2. The SMILES string of the molecule is Cc1cccc(C(=O)Nc2nnc([C@H]3CC(=O)N(c4ccccc4C)C3)s2)c1. The molecule has 28 heavy (non-hydrogen) atoms. The molecule has 4 rings (SSSR count). The predicted octanol–water partition coefficient (Wildman–Crippen LogP) is 3.93. The van der Waals surface area contributed by atoms with Crippen molar-refractivity contribution in [3.05, 3.63) is 70.2 Å². The van der Waals surface area contributed by atoms with E-state index in [1.54, 1.807) is 6.07 Å². The van der Waals surface area contributed by atoms with Crippen molar-refractivity contribution < 1.29 is 9.59 Å². The van der Waals surface area contributed by atoms with Crippen LogP contribution in [0.1, 0.15) is 38.8 Å². The second kappa shape index (κ2) is 7.52. The van der Waals surface area contributed by atoms with Crippen molar-refractivity contribution in [2.75, 3.05) is 16.8 Å². The molecular formula is C21H20N4O2S. The van der Waals surface area contributed by atoms with Gasteiger partial charge in [0, 0.05) is 30.1 Å². The topological polar surface area (TPSA) is 75.2 Å². The number of anilines is 2. The number of rotatable bonds is 4. The fraction of sp³-hybridized carbons (Fsp3) is 0.238. The van der Waals surface area contributed by atoms with Crippen LogP contribution in [0.4, 0.5) is 10.8 Å². The van der Waals surface area contributed by atoms with Crippen LogP contribution in [-0.2, 0) is 4.79 Å². The van der Waals surface area contributed by atoms with Gasteiger partial charge in [-0.05, 0) is 37.6 Å². The van der Waals surface area contributed by atoms with Crippen LogP contribution in [0.3, 0.4) is 0 Å². The van der Waals surface area contributed by atoms with Gasteiger partial charge in [0.1, 0.15) is 5.01 Å². The summed E-state index contributed by atoms with van der Waals surface area (Å²) in [5.74, 6) is -0.149. The molecule has 7 heteroatoms. The van der Waals surface area contributed by atoms with E-state index >= 15 is 0 Å². The highest BCUT2D eigenvalue weighted by atomic mass is 32.1. The maximum absolute atomic E-state index is 12.5. The van der Waals surface area contributed by atoms with E-state index in [0.29, 0.717) is 23.7 Å². The van der Waals surface area contributed by atoms with E-state index in [1.165, 1.54) is 11.3 Å². The summed E-state index contributed by atoms with van der Waals surface area (Å²) in [6, 6.07) is 15.2. The fourth-order valence-corrected chi connectivity index (χ4v) is 4.21. The van der Waals surface area contributed by atoms with Crippen LogP contribution in [-0.4, -0.2) is 28.6 Å². The fourth-order valence-electron chi connectivity index (χ4n) is 3.38. The number of nitrogens with zero attached hydrogens (tertiary/aromatic N) is 3. The van der Waals surface area contributed by atoms with Crippen molar-refractivity contribution in [2.45, 2.75) is 26.2 Å². The Labute approximate surface area is 167 Å². The van der Waals surface area contributed by atoms with E-state index in [2.05, 4.69) is 15.5 Å². The zero-order valence-electron chi connectivity index (χ0n) is 15.7. The quantitative estimate of drug-likeness (QED) is 0.730. The van der Waals surface area contributed by atoms with Crippen molar-refractivity contribution in [2.24, 2.45) is 0 Å². The molecule has 1 aromatic heterocycles. The van der Waals surface area contributed by atoms with Gasteiger partial charge in [0.05, 0.1) is 0 Å². The van der Waals surface area contributed by atoms with Gasteiger partial charge >= 0.3 is 0 Å². The number of benzene rings is 2.